The average Bonchev–Trinajstić information content (AvgIpc) is 3.30. The van der Waals surface area contributed by atoms with Crippen molar-refractivity contribution in [3.8, 4) is 22.6 Å². The minimum atomic E-state index is -0.627. The van der Waals surface area contributed by atoms with E-state index in [2.05, 4.69) is 51.6 Å². The third-order valence-electron chi connectivity index (χ3n) is 11.3. The number of rotatable bonds is 13. The van der Waals surface area contributed by atoms with E-state index in [1.807, 2.05) is 103 Å². The molecule has 2 aliphatic rings. The predicted molar refractivity (Wildman–Crippen MR) is 235 cm³/mol. The molecule has 6 aromatic rings. The van der Waals surface area contributed by atoms with Crippen molar-refractivity contribution < 1.29 is 29.0 Å². The van der Waals surface area contributed by atoms with Crippen LogP contribution in [0.3, 0.4) is 0 Å². The summed E-state index contributed by atoms with van der Waals surface area (Å²) >= 11 is 0. The lowest BCUT2D eigenvalue weighted by Gasteiger charge is -2.44. The fourth-order valence-corrected chi connectivity index (χ4v) is 7.87. The molecule has 2 saturated heterocycles. The van der Waals surface area contributed by atoms with Gasteiger partial charge in [0.05, 0.1) is 23.7 Å². The first kappa shape index (κ1) is 41.2. The highest BCUT2D eigenvalue weighted by molar-refractivity contribution is 5.89. The number of anilines is 2. The molecule has 2 heterocycles. The molecule has 12 heteroatoms. The zero-order valence-corrected chi connectivity index (χ0v) is 33.9. The van der Waals surface area contributed by atoms with Crippen LogP contribution in [0, 0.1) is 16.0 Å². The first-order chi connectivity index (χ1) is 29.8. The number of nitrogens with one attached hydrogen (secondary N) is 2. The van der Waals surface area contributed by atoms with Gasteiger partial charge in [0.25, 0.3) is 5.69 Å². The van der Waals surface area contributed by atoms with Gasteiger partial charge in [-0.25, -0.2) is 4.79 Å². The van der Waals surface area contributed by atoms with Gasteiger partial charge in [-0.05, 0) is 88.5 Å². The standard InChI is InChI=1S/C49H49N5O7/c1-34-46(32-52-25-27-53(28-26-52)42-19-21-43(22-20-42)54(57)58)60-48(61-47(34)37-15-13-35(33-55)14-16-37)40-10-6-9-39(30-40)38-8-5-7-36(29-38)31-50-49(56)51-41-17-23-45(24-18-41)59-44-11-3-2-4-12-44/h2-24,29-30,34,46-48,55H,25-28,31-33H2,1H3,(H2,50,51,56). The molecule has 0 spiro atoms. The maximum atomic E-state index is 12.9. The second-order valence-electron chi connectivity index (χ2n) is 15.5. The van der Waals surface area contributed by atoms with E-state index < -0.39 is 6.29 Å². The number of urea groups is 1. The highest BCUT2D eigenvalue weighted by Crippen LogP contribution is 2.42. The molecule has 0 radical (unpaired) electrons. The lowest BCUT2D eigenvalue weighted by atomic mass is 9.89. The summed E-state index contributed by atoms with van der Waals surface area (Å²) < 4.78 is 19.5. The van der Waals surface area contributed by atoms with Gasteiger partial charge in [-0.15, -0.1) is 0 Å². The summed E-state index contributed by atoms with van der Waals surface area (Å²) in [5.74, 6) is 1.45. The number of carbonyl (C=O) groups excluding carboxylic acids is 1. The summed E-state index contributed by atoms with van der Waals surface area (Å²) in [7, 11) is 0. The molecule has 312 valence electrons. The molecule has 4 atom stereocenters. The van der Waals surface area contributed by atoms with E-state index in [0.717, 1.165) is 77.5 Å². The molecular formula is C49H49N5O7. The van der Waals surface area contributed by atoms with E-state index in [4.69, 9.17) is 14.2 Å². The van der Waals surface area contributed by atoms with Crippen LogP contribution in [0.5, 0.6) is 11.5 Å². The highest BCUT2D eigenvalue weighted by Gasteiger charge is 2.39. The number of aliphatic hydroxyl groups is 1. The lowest BCUT2D eigenvalue weighted by Crippen LogP contribution is -2.51. The number of ether oxygens (including phenoxy) is 3. The third-order valence-corrected chi connectivity index (χ3v) is 11.3. The van der Waals surface area contributed by atoms with Crippen LogP contribution in [0.4, 0.5) is 21.9 Å². The van der Waals surface area contributed by atoms with Gasteiger partial charge in [0, 0.05) is 74.3 Å². The van der Waals surface area contributed by atoms with Crippen LogP contribution in [0.25, 0.3) is 11.1 Å². The Morgan fingerprint density at radius 1 is 0.754 bits per heavy atom. The van der Waals surface area contributed by atoms with Crippen LogP contribution in [0.15, 0.2) is 152 Å². The van der Waals surface area contributed by atoms with E-state index in [1.54, 1.807) is 24.3 Å². The van der Waals surface area contributed by atoms with E-state index in [9.17, 15) is 20.0 Å². The van der Waals surface area contributed by atoms with Gasteiger partial charge in [-0.1, -0.05) is 85.8 Å². The quantitative estimate of drug-likeness (QED) is 0.0769. The number of amides is 2. The maximum Gasteiger partial charge on any atom is 0.319 e. The van der Waals surface area contributed by atoms with E-state index in [0.29, 0.717) is 18.0 Å². The monoisotopic (exact) mass is 819 g/mol. The Labute approximate surface area is 355 Å². The molecule has 2 amide bonds. The molecule has 0 aromatic heterocycles. The van der Waals surface area contributed by atoms with Crippen molar-refractivity contribution in [1.29, 1.82) is 0 Å². The summed E-state index contributed by atoms with van der Waals surface area (Å²) in [4.78, 5) is 28.3. The largest absolute Gasteiger partial charge is 0.457 e. The van der Waals surface area contributed by atoms with Gasteiger partial charge in [0.1, 0.15) is 11.5 Å². The molecule has 6 aromatic carbocycles. The molecule has 8 rings (SSSR count). The summed E-state index contributed by atoms with van der Waals surface area (Å²) in [6, 6.07) is 47.5. The smallest absolute Gasteiger partial charge is 0.319 e. The topological polar surface area (TPSA) is 139 Å². The number of piperazine rings is 1. The normalized spacial score (nSPS) is 19.2. The minimum absolute atomic E-state index is 0.0285. The van der Waals surface area contributed by atoms with Gasteiger partial charge in [-0.3, -0.25) is 15.0 Å². The second kappa shape index (κ2) is 19.2. The fourth-order valence-electron chi connectivity index (χ4n) is 7.87. The van der Waals surface area contributed by atoms with Crippen LogP contribution >= 0.6 is 0 Å². The molecule has 0 aliphatic carbocycles. The van der Waals surface area contributed by atoms with Crippen molar-refractivity contribution in [1.82, 2.24) is 10.2 Å². The van der Waals surface area contributed by atoms with Crippen molar-refractivity contribution in [2.24, 2.45) is 5.92 Å². The fraction of sp³-hybridized carbons (Fsp3) is 0.245. The Morgan fingerprint density at radius 3 is 2.15 bits per heavy atom. The predicted octanol–water partition coefficient (Wildman–Crippen LogP) is 9.48. The van der Waals surface area contributed by atoms with Crippen LogP contribution < -0.4 is 20.3 Å². The van der Waals surface area contributed by atoms with Crippen LogP contribution in [-0.4, -0.2) is 59.8 Å². The first-order valence-electron chi connectivity index (χ1n) is 20.6. The van der Waals surface area contributed by atoms with Gasteiger partial charge < -0.3 is 34.9 Å². The Balaban J connectivity index is 0.922. The number of para-hydroxylation sites is 1. The maximum absolute atomic E-state index is 12.9. The number of benzene rings is 6. The second-order valence-corrected chi connectivity index (χ2v) is 15.5. The van der Waals surface area contributed by atoms with Crippen LogP contribution in [0.1, 0.15) is 41.6 Å². The summed E-state index contributed by atoms with van der Waals surface area (Å²) in [6.07, 6.45) is -1.02. The summed E-state index contributed by atoms with van der Waals surface area (Å²) in [5, 5.41) is 26.7. The third kappa shape index (κ3) is 10.4. The van der Waals surface area contributed by atoms with Gasteiger partial charge >= 0.3 is 6.03 Å². The molecule has 3 N–H and O–H groups in total. The van der Waals surface area contributed by atoms with Crippen LogP contribution in [-0.2, 0) is 22.6 Å². The molecule has 2 fully saturated rings. The zero-order chi connectivity index (χ0) is 42.1. The Hall–Kier alpha value is -6.57. The number of hydrogen-bond acceptors (Lipinski definition) is 9. The highest BCUT2D eigenvalue weighted by atomic mass is 16.7. The number of aliphatic hydroxyl groups excluding tert-OH is 1. The van der Waals surface area contributed by atoms with Crippen molar-refractivity contribution in [3.05, 3.63) is 184 Å². The number of nitro benzene ring substituents is 1. The number of carbonyl (C=O) groups is 1. The van der Waals surface area contributed by atoms with Crippen molar-refractivity contribution in [2.75, 3.05) is 42.9 Å². The molecule has 0 saturated carbocycles. The Kier molecular flexibility index (Phi) is 13.0. The number of nitrogens with zero attached hydrogens (tertiary/aromatic N) is 3. The zero-order valence-electron chi connectivity index (χ0n) is 33.9. The lowest BCUT2D eigenvalue weighted by molar-refractivity contribution is -0.384. The Bertz CT molecular complexity index is 2390. The van der Waals surface area contributed by atoms with E-state index in [1.165, 1.54) is 0 Å². The minimum Gasteiger partial charge on any atom is -0.457 e. The summed E-state index contributed by atoms with van der Waals surface area (Å²) in [6.45, 7) is 6.44. The van der Waals surface area contributed by atoms with Crippen molar-refractivity contribution in [3.63, 3.8) is 0 Å². The summed E-state index contributed by atoms with van der Waals surface area (Å²) in [5.41, 5.74) is 7.43. The molecule has 2 aliphatic heterocycles. The first-order valence-corrected chi connectivity index (χ1v) is 20.6. The SMILES string of the molecule is CC1C(CN2CCN(c3ccc([N+](=O)[O-])cc3)CC2)OC(c2cccc(-c3cccc(CNC(=O)Nc4ccc(Oc5ccccc5)cc4)c3)c2)OC1c1ccc(CO)cc1. The van der Waals surface area contributed by atoms with Gasteiger partial charge in [0.15, 0.2) is 6.29 Å². The molecule has 4 unspecified atom stereocenters. The molecule has 61 heavy (non-hydrogen) atoms. The van der Waals surface area contributed by atoms with Gasteiger partial charge in [0.2, 0.25) is 0 Å². The van der Waals surface area contributed by atoms with Gasteiger partial charge in [-0.2, -0.15) is 0 Å². The number of nitro groups is 1. The molecular weight excluding hydrogens is 771 g/mol. The van der Waals surface area contributed by atoms with E-state index >= 15 is 0 Å². The van der Waals surface area contributed by atoms with Crippen molar-refractivity contribution in [2.45, 2.75) is 38.6 Å². The van der Waals surface area contributed by atoms with Crippen molar-refractivity contribution >= 4 is 23.1 Å². The molecule has 12 nitrogen and oxygen atoms in total. The van der Waals surface area contributed by atoms with Crippen LogP contribution in [0.2, 0.25) is 0 Å². The average molecular weight is 820 g/mol. The Morgan fingerprint density at radius 2 is 1.44 bits per heavy atom. The number of non-ortho nitro benzene ring substituents is 1. The number of hydrogen-bond donors (Lipinski definition) is 3. The van der Waals surface area contributed by atoms with E-state index in [-0.39, 0.29) is 41.4 Å². The molecule has 0 bridgehead atoms.